The molecule has 1 fully saturated rings. The van der Waals surface area contributed by atoms with E-state index in [2.05, 4.69) is 15.6 Å². The number of methoxy groups -OCH3 is 1. The molecule has 0 aromatic carbocycles. The van der Waals surface area contributed by atoms with Gasteiger partial charge < -0.3 is 15.4 Å². The minimum absolute atomic E-state index is 0.0407. The lowest BCUT2D eigenvalue weighted by atomic mass is 10.2. The van der Waals surface area contributed by atoms with Gasteiger partial charge in [0.1, 0.15) is 4.88 Å². The summed E-state index contributed by atoms with van der Waals surface area (Å²) in [6, 6.07) is 0.0407. The number of aromatic nitrogens is 1. The number of nitrogens with one attached hydrogen (secondary N) is 2. The van der Waals surface area contributed by atoms with Crippen molar-refractivity contribution in [2.75, 3.05) is 20.2 Å². The van der Waals surface area contributed by atoms with Crippen molar-refractivity contribution in [1.82, 2.24) is 15.6 Å². The topological polar surface area (TPSA) is 63.2 Å². The Morgan fingerprint density at radius 1 is 1.69 bits per heavy atom. The van der Waals surface area contributed by atoms with E-state index in [0.29, 0.717) is 4.88 Å². The second kappa shape index (κ2) is 4.90. The molecular weight excluding hydrogens is 226 g/mol. The summed E-state index contributed by atoms with van der Waals surface area (Å²) in [5, 5.41) is 6.15. The number of aryl methyl sites for hydroxylation is 1. The predicted molar refractivity (Wildman–Crippen MR) is 61.8 cm³/mol. The van der Waals surface area contributed by atoms with Gasteiger partial charge in [0.05, 0.1) is 23.4 Å². The third-order valence-electron chi connectivity index (χ3n) is 2.73. The van der Waals surface area contributed by atoms with E-state index >= 15 is 0 Å². The van der Waals surface area contributed by atoms with Crippen LogP contribution in [-0.2, 0) is 4.74 Å². The fourth-order valence-electron chi connectivity index (χ4n) is 1.80. The lowest BCUT2D eigenvalue weighted by Gasteiger charge is -2.18. The quantitative estimate of drug-likeness (QED) is 0.792. The van der Waals surface area contributed by atoms with Crippen molar-refractivity contribution in [2.45, 2.75) is 19.1 Å². The summed E-state index contributed by atoms with van der Waals surface area (Å²) >= 11 is 1.37. The molecule has 1 saturated heterocycles. The fourth-order valence-corrected chi connectivity index (χ4v) is 2.51. The van der Waals surface area contributed by atoms with Crippen molar-refractivity contribution in [3.8, 4) is 0 Å². The molecule has 2 atom stereocenters. The number of nitrogens with zero attached hydrogens (tertiary/aromatic N) is 1. The van der Waals surface area contributed by atoms with Gasteiger partial charge in [-0.1, -0.05) is 0 Å². The van der Waals surface area contributed by atoms with E-state index < -0.39 is 0 Å². The van der Waals surface area contributed by atoms with E-state index in [1.807, 2.05) is 6.92 Å². The van der Waals surface area contributed by atoms with Crippen molar-refractivity contribution in [2.24, 2.45) is 0 Å². The lowest BCUT2D eigenvalue weighted by molar-refractivity contribution is 0.0782. The van der Waals surface area contributed by atoms with Crippen LogP contribution in [0.3, 0.4) is 0 Å². The number of ether oxygens (including phenoxy) is 1. The van der Waals surface area contributed by atoms with Crippen LogP contribution >= 0.6 is 11.3 Å². The Hall–Kier alpha value is -0.980. The number of carbonyl (C=O) groups excluding carboxylic acids is 1. The Labute approximate surface area is 98.2 Å². The van der Waals surface area contributed by atoms with Crippen molar-refractivity contribution in [3.05, 3.63) is 16.1 Å². The molecule has 1 aromatic heterocycles. The summed E-state index contributed by atoms with van der Waals surface area (Å²) in [5.41, 5.74) is 2.47. The molecule has 0 saturated carbocycles. The first kappa shape index (κ1) is 11.5. The van der Waals surface area contributed by atoms with Crippen LogP contribution in [0.15, 0.2) is 5.51 Å². The minimum Gasteiger partial charge on any atom is -0.378 e. The number of thiazole rings is 1. The summed E-state index contributed by atoms with van der Waals surface area (Å²) < 4.78 is 5.28. The van der Waals surface area contributed by atoms with Gasteiger partial charge in [-0.05, 0) is 6.92 Å². The van der Waals surface area contributed by atoms with Gasteiger partial charge in [0.15, 0.2) is 0 Å². The molecule has 6 heteroatoms. The zero-order valence-corrected chi connectivity index (χ0v) is 10.1. The Kier molecular flexibility index (Phi) is 3.52. The highest BCUT2D eigenvalue weighted by Gasteiger charge is 2.29. The maximum absolute atomic E-state index is 11.9. The van der Waals surface area contributed by atoms with Crippen LogP contribution in [0, 0.1) is 6.92 Å². The van der Waals surface area contributed by atoms with Crippen LogP contribution in [0.25, 0.3) is 0 Å². The minimum atomic E-state index is -0.0595. The Morgan fingerprint density at radius 2 is 2.50 bits per heavy atom. The van der Waals surface area contributed by atoms with E-state index in [-0.39, 0.29) is 18.1 Å². The SMILES string of the molecule is CO[C@H]1CNC[C@@H]1NC(=O)c1scnc1C. The first-order valence-electron chi connectivity index (χ1n) is 5.17. The second-order valence-corrected chi connectivity index (χ2v) is 4.63. The normalized spacial score (nSPS) is 24.6. The molecule has 0 bridgehead atoms. The van der Waals surface area contributed by atoms with Gasteiger partial charge in [-0.25, -0.2) is 4.98 Å². The van der Waals surface area contributed by atoms with E-state index in [0.717, 1.165) is 18.8 Å². The third kappa shape index (κ3) is 2.23. The highest BCUT2D eigenvalue weighted by molar-refractivity contribution is 7.11. The second-order valence-electron chi connectivity index (χ2n) is 3.78. The molecule has 2 N–H and O–H groups in total. The van der Waals surface area contributed by atoms with E-state index in [1.165, 1.54) is 11.3 Å². The average molecular weight is 241 g/mol. The summed E-state index contributed by atoms with van der Waals surface area (Å²) in [6.45, 7) is 3.37. The molecule has 1 aliphatic heterocycles. The first-order valence-corrected chi connectivity index (χ1v) is 6.04. The summed E-state index contributed by atoms with van der Waals surface area (Å²) in [5.74, 6) is -0.0595. The van der Waals surface area contributed by atoms with Crippen LogP contribution < -0.4 is 10.6 Å². The Bertz CT molecular complexity index is 380. The van der Waals surface area contributed by atoms with Gasteiger partial charge in [-0.15, -0.1) is 11.3 Å². The largest absolute Gasteiger partial charge is 0.378 e. The van der Waals surface area contributed by atoms with Crippen LogP contribution in [0.5, 0.6) is 0 Å². The van der Waals surface area contributed by atoms with Crippen molar-refractivity contribution < 1.29 is 9.53 Å². The smallest absolute Gasteiger partial charge is 0.263 e. The number of amides is 1. The zero-order valence-electron chi connectivity index (χ0n) is 9.32. The number of hydrogen-bond acceptors (Lipinski definition) is 5. The molecule has 16 heavy (non-hydrogen) atoms. The third-order valence-corrected chi connectivity index (χ3v) is 3.66. The van der Waals surface area contributed by atoms with Gasteiger partial charge in [-0.3, -0.25) is 4.79 Å². The highest BCUT2D eigenvalue weighted by atomic mass is 32.1. The number of rotatable bonds is 3. The monoisotopic (exact) mass is 241 g/mol. The molecule has 1 aliphatic rings. The first-order chi connectivity index (χ1) is 7.72. The highest BCUT2D eigenvalue weighted by Crippen LogP contribution is 2.13. The molecule has 0 aliphatic carbocycles. The van der Waals surface area contributed by atoms with Gasteiger partial charge in [-0.2, -0.15) is 0 Å². The molecule has 0 unspecified atom stereocenters. The van der Waals surface area contributed by atoms with Crippen LogP contribution in [0.1, 0.15) is 15.4 Å². The molecule has 88 valence electrons. The number of carbonyl (C=O) groups is 1. The predicted octanol–water partition coefficient (Wildman–Crippen LogP) is 0.168. The Balaban J connectivity index is 2.00. The summed E-state index contributed by atoms with van der Waals surface area (Å²) in [7, 11) is 1.66. The Morgan fingerprint density at radius 3 is 3.12 bits per heavy atom. The molecule has 0 spiro atoms. The van der Waals surface area contributed by atoms with E-state index in [1.54, 1.807) is 12.6 Å². The van der Waals surface area contributed by atoms with Gasteiger partial charge in [0, 0.05) is 20.2 Å². The molecular formula is C10H15N3O2S. The van der Waals surface area contributed by atoms with Crippen LogP contribution in [-0.4, -0.2) is 43.2 Å². The van der Waals surface area contributed by atoms with Gasteiger partial charge in [0.2, 0.25) is 0 Å². The lowest BCUT2D eigenvalue weighted by Crippen LogP contribution is -2.43. The average Bonchev–Trinajstić information content (AvgIpc) is 2.86. The molecule has 5 nitrogen and oxygen atoms in total. The standard InChI is InChI=1S/C10H15N3O2S/c1-6-9(16-5-12-6)10(14)13-7-3-11-4-8(7)15-2/h5,7-8,11H,3-4H2,1-2H3,(H,13,14)/t7-,8-/m0/s1. The molecule has 1 amide bonds. The van der Waals surface area contributed by atoms with Gasteiger partial charge >= 0.3 is 0 Å². The van der Waals surface area contributed by atoms with Crippen molar-refractivity contribution in [1.29, 1.82) is 0 Å². The maximum Gasteiger partial charge on any atom is 0.263 e. The molecule has 0 radical (unpaired) electrons. The fraction of sp³-hybridized carbons (Fsp3) is 0.600. The van der Waals surface area contributed by atoms with Crippen molar-refractivity contribution in [3.63, 3.8) is 0 Å². The molecule has 2 rings (SSSR count). The maximum atomic E-state index is 11.9. The zero-order chi connectivity index (χ0) is 11.5. The molecule has 2 heterocycles. The molecule has 1 aromatic rings. The van der Waals surface area contributed by atoms with Crippen LogP contribution in [0.2, 0.25) is 0 Å². The number of hydrogen-bond donors (Lipinski definition) is 2. The van der Waals surface area contributed by atoms with Gasteiger partial charge in [0.25, 0.3) is 5.91 Å². The summed E-state index contributed by atoms with van der Waals surface area (Å²) in [6.07, 6.45) is 0.0529. The van der Waals surface area contributed by atoms with E-state index in [4.69, 9.17) is 4.74 Å². The van der Waals surface area contributed by atoms with E-state index in [9.17, 15) is 4.79 Å². The van der Waals surface area contributed by atoms with Crippen molar-refractivity contribution >= 4 is 17.2 Å². The summed E-state index contributed by atoms with van der Waals surface area (Å²) in [4.78, 5) is 16.7. The van der Waals surface area contributed by atoms with Crippen LogP contribution in [0.4, 0.5) is 0 Å².